The summed E-state index contributed by atoms with van der Waals surface area (Å²) in [6, 6.07) is 7.71. The Hall–Kier alpha value is -2.54. The van der Waals surface area contributed by atoms with Gasteiger partial charge in [-0.2, -0.15) is 9.36 Å². The van der Waals surface area contributed by atoms with Crippen LogP contribution in [-0.2, 0) is 0 Å². The molecule has 3 heterocycles. The maximum absolute atomic E-state index is 5.70. The molecule has 0 bridgehead atoms. The Morgan fingerprint density at radius 2 is 2.17 bits per heavy atom. The number of aryl methyl sites for hydroxylation is 1. The van der Waals surface area contributed by atoms with Crippen LogP contribution in [0.15, 0.2) is 36.7 Å². The van der Waals surface area contributed by atoms with Crippen LogP contribution in [-0.4, -0.2) is 25.9 Å². The van der Waals surface area contributed by atoms with Gasteiger partial charge in [0.25, 0.3) is 0 Å². The summed E-state index contributed by atoms with van der Waals surface area (Å²) in [6.07, 6.45) is 6.04. The lowest BCUT2D eigenvalue weighted by Crippen LogP contribution is -1.99. The first-order valence-corrected chi connectivity index (χ1v) is 8.67. The summed E-state index contributed by atoms with van der Waals surface area (Å²) >= 11 is 1.29. The summed E-state index contributed by atoms with van der Waals surface area (Å²) in [7, 11) is 0. The van der Waals surface area contributed by atoms with Gasteiger partial charge in [0.05, 0.1) is 12.8 Å². The maximum Gasteiger partial charge on any atom is 0.208 e. The quantitative estimate of drug-likeness (QED) is 0.736. The molecule has 1 aliphatic carbocycles. The van der Waals surface area contributed by atoms with Gasteiger partial charge in [-0.15, -0.1) is 0 Å². The lowest BCUT2D eigenvalue weighted by atomic mass is 10.3. The molecule has 3 aromatic heterocycles. The monoisotopic (exact) mass is 339 g/mol. The number of nitrogens with one attached hydrogen (secondary N) is 1. The number of rotatable bonds is 6. The smallest absolute Gasteiger partial charge is 0.208 e. The van der Waals surface area contributed by atoms with E-state index in [1.165, 1.54) is 24.4 Å². The molecule has 4 rings (SSSR count). The molecule has 1 fully saturated rings. The molecule has 0 aliphatic heterocycles. The van der Waals surface area contributed by atoms with Crippen molar-refractivity contribution in [2.45, 2.75) is 19.8 Å². The molecule has 24 heavy (non-hydrogen) atoms. The van der Waals surface area contributed by atoms with Crippen molar-refractivity contribution in [3.63, 3.8) is 0 Å². The highest BCUT2D eigenvalue weighted by Crippen LogP contribution is 2.30. The van der Waals surface area contributed by atoms with E-state index < -0.39 is 0 Å². The standard InChI is InChI=1S/C17H17N5OS/c1-11-3-2-8-18-15(11)20-17-21-16(22-24-17)14-7-6-13(9-19-14)23-10-12-4-5-12/h2-3,6-9,12H,4-5,10H2,1H3,(H,18,20,21,22). The summed E-state index contributed by atoms with van der Waals surface area (Å²) in [5.74, 6) is 2.92. The molecular weight excluding hydrogens is 322 g/mol. The molecule has 0 saturated heterocycles. The van der Waals surface area contributed by atoms with Crippen molar-refractivity contribution in [2.75, 3.05) is 11.9 Å². The van der Waals surface area contributed by atoms with E-state index in [1.54, 1.807) is 12.4 Å². The molecule has 0 aromatic carbocycles. The van der Waals surface area contributed by atoms with Gasteiger partial charge in [-0.3, -0.25) is 0 Å². The zero-order chi connectivity index (χ0) is 16.4. The molecule has 0 spiro atoms. The second-order valence-electron chi connectivity index (χ2n) is 5.85. The van der Waals surface area contributed by atoms with Gasteiger partial charge in [-0.25, -0.2) is 9.97 Å². The molecular formula is C17H17N5OS. The van der Waals surface area contributed by atoms with E-state index >= 15 is 0 Å². The zero-order valence-corrected chi connectivity index (χ0v) is 14.1. The van der Waals surface area contributed by atoms with E-state index in [-0.39, 0.29) is 0 Å². The number of aromatic nitrogens is 4. The van der Waals surface area contributed by atoms with Gasteiger partial charge in [0, 0.05) is 17.7 Å². The van der Waals surface area contributed by atoms with Gasteiger partial charge >= 0.3 is 0 Å². The highest BCUT2D eigenvalue weighted by Gasteiger charge is 2.21. The summed E-state index contributed by atoms with van der Waals surface area (Å²) in [5, 5.41) is 3.89. The number of hydrogen-bond donors (Lipinski definition) is 1. The van der Waals surface area contributed by atoms with Crippen LogP contribution >= 0.6 is 11.5 Å². The summed E-state index contributed by atoms with van der Waals surface area (Å²) in [6.45, 7) is 2.78. The number of pyridine rings is 2. The first-order valence-electron chi connectivity index (χ1n) is 7.89. The van der Waals surface area contributed by atoms with Crippen LogP contribution in [0.2, 0.25) is 0 Å². The minimum atomic E-state index is 0.602. The lowest BCUT2D eigenvalue weighted by molar-refractivity contribution is 0.298. The average molecular weight is 339 g/mol. The molecule has 1 N–H and O–H groups in total. The number of nitrogens with zero attached hydrogens (tertiary/aromatic N) is 4. The molecule has 0 atom stereocenters. The fraction of sp³-hybridized carbons (Fsp3) is 0.294. The molecule has 0 radical (unpaired) electrons. The molecule has 0 unspecified atom stereocenters. The maximum atomic E-state index is 5.70. The summed E-state index contributed by atoms with van der Waals surface area (Å²) < 4.78 is 10.1. The van der Waals surface area contributed by atoms with Crippen molar-refractivity contribution in [3.05, 3.63) is 42.2 Å². The van der Waals surface area contributed by atoms with Gasteiger partial charge in [-0.1, -0.05) is 6.07 Å². The highest BCUT2D eigenvalue weighted by molar-refractivity contribution is 7.09. The average Bonchev–Trinajstić information content (AvgIpc) is 3.33. The molecule has 1 saturated carbocycles. The van der Waals surface area contributed by atoms with Crippen LogP contribution in [0.5, 0.6) is 5.75 Å². The van der Waals surface area contributed by atoms with Gasteiger partial charge in [-0.05, 0) is 49.4 Å². The number of hydrogen-bond acceptors (Lipinski definition) is 7. The van der Waals surface area contributed by atoms with Crippen molar-refractivity contribution < 1.29 is 4.74 Å². The predicted molar refractivity (Wildman–Crippen MR) is 93.6 cm³/mol. The van der Waals surface area contributed by atoms with E-state index in [2.05, 4.69) is 24.6 Å². The predicted octanol–water partition coefficient (Wildman–Crippen LogP) is 3.84. The van der Waals surface area contributed by atoms with E-state index in [4.69, 9.17) is 4.74 Å². The Bertz CT molecular complexity index is 829. The van der Waals surface area contributed by atoms with Gasteiger partial charge in [0.15, 0.2) is 5.82 Å². The van der Waals surface area contributed by atoms with E-state index in [0.717, 1.165) is 35.3 Å². The van der Waals surface area contributed by atoms with Gasteiger partial charge < -0.3 is 10.1 Å². The minimum Gasteiger partial charge on any atom is -0.492 e. The van der Waals surface area contributed by atoms with Crippen LogP contribution in [0.3, 0.4) is 0 Å². The van der Waals surface area contributed by atoms with Crippen molar-refractivity contribution in [3.8, 4) is 17.3 Å². The number of ether oxygens (including phenoxy) is 1. The van der Waals surface area contributed by atoms with Crippen LogP contribution in [0.25, 0.3) is 11.5 Å². The third kappa shape index (κ3) is 3.51. The van der Waals surface area contributed by atoms with Crippen molar-refractivity contribution in [2.24, 2.45) is 5.92 Å². The van der Waals surface area contributed by atoms with Crippen molar-refractivity contribution in [1.82, 2.24) is 19.3 Å². The van der Waals surface area contributed by atoms with Crippen LogP contribution in [0.1, 0.15) is 18.4 Å². The zero-order valence-electron chi connectivity index (χ0n) is 13.3. The SMILES string of the molecule is Cc1cccnc1Nc1nc(-c2ccc(OCC3CC3)cn2)ns1. The largest absolute Gasteiger partial charge is 0.492 e. The fourth-order valence-corrected chi connectivity index (χ4v) is 2.77. The Morgan fingerprint density at radius 1 is 1.25 bits per heavy atom. The second kappa shape index (κ2) is 6.52. The Labute approximate surface area is 144 Å². The van der Waals surface area contributed by atoms with Crippen LogP contribution in [0.4, 0.5) is 10.9 Å². The molecule has 1 aliphatic rings. The van der Waals surface area contributed by atoms with Gasteiger partial charge in [0.1, 0.15) is 17.3 Å². The summed E-state index contributed by atoms with van der Waals surface area (Å²) in [5.41, 5.74) is 1.79. The third-order valence-corrected chi connectivity index (χ3v) is 4.44. The first kappa shape index (κ1) is 15.0. The topological polar surface area (TPSA) is 72.8 Å². The summed E-state index contributed by atoms with van der Waals surface area (Å²) in [4.78, 5) is 13.2. The molecule has 122 valence electrons. The third-order valence-electron chi connectivity index (χ3n) is 3.81. The molecule has 6 nitrogen and oxygen atoms in total. The van der Waals surface area contributed by atoms with E-state index in [0.29, 0.717) is 11.0 Å². The normalized spacial score (nSPS) is 13.7. The fourth-order valence-electron chi connectivity index (χ4n) is 2.19. The molecule has 3 aromatic rings. The Kier molecular flexibility index (Phi) is 4.08. The molecule has 7 heteroatoms. The second-order valence-corrected chi connectivity index (χ2v) is 6.60. The van der Waals surface area contributed by atoms with Crippen LogP contribution in [0, 0.1) is 12.8 Å². The highest BCUT2D eigenvalue weighted by atomic mass is 32.1. The lowest BCUT2D eigenvalue weighted by Gasteiger charge is -2.04. The number of anilines is 2. The van der Waals surface area contributed by atoms with Gasteiger partial charge in [0.2, 0.25) is 5.13 Å². The van der Waals surface area contributed by atoms with Crippen molar-refractivity contribution in [1.29, 1.82) is 0 Å². The molecule has 0 amide bonds. The Morgan fingerprint density at radius 3 is 2.92 bits per heavy atom. The van der Waals surface area contributed by atoms with E-state index in [1.807, 2.05) is 31.2 Å². The van der Waals surface area contributed by atoms with Crippen molar-refractivity contribution >= 4 is 22.5 Å². The van der Waals surface area contributed by atoms with E-state index in [9.17, 15) is 0 Å². The van der Waals surface area contributed by atoms with Crippen LogP contribution < -0.4 is 10.1 Å². The minimum absolute atomic E-state index is 0.602. The Balaban J connectivity index is 1.44. The first-order chi connectivity index (χ1) is 11.8.